The lowest BCUT2D eigenvalue weighted by molar-refractivity contribution is -0.123. The van der Waals surface area contributed by atoms with E-state index in [2.05, 4.69) is 10.3 Å². The quantitative estimate of drug-likeness (QED) is 0.592. The summed E-state index contributed by atoms with van der Waals surface area (Å²) in [6.07, 6.45) is 2.44. The lowest BCUT2D eigenvalue weighted by atomic mass is 10.2. The van der Waals surface area contributed by atoms with Crippen LogP contribution in [-0.4, -0.2) is 30.6 Å². The van der Waals surface area contributed by atoms with Crippen LogP contribution in [0.1, 0.15) is 12.0 Å². The van der Waals surface area contributed by atoms with Crippen molar-refractivity contribution in [2.45, 2.75) is 13.3 Å². The summed E-state index contributed by atoms with van der Waals surface area (Å²) in [6.45, 7) is 2.86. The molecule has 0 unspecified atom stereocenters. The van der Waals surface area contributed by atoms with Crippen LogP contribution in [0, 0.1) is 6.92 Å². The maximum atomic E-state index is 11.9. The molecule has 0 aliphatic carbocycles. The first-order chi connectivity index (χ1) is 13.1. The Labute approximate surface area is 163 Å². The first kappa shape index (κ1) is 19.0. The third-order valence-electron chi connectivity index (χ3n) is 3.99. The molecule has 0 saturated carbocycles. The summed E-state index contributed by atoms with van der Waals surface area (Å²) in [4.78, 5) is 16.2. The van der Waals surface area contributed by atoms with Gasteiger partial charge in [0, 0.05) is 23.2 Å². The monoisotopic (exact) mass is 384 g/mol. The highest BCUT2D eigenvalue weighted by Crippen LogP contribution is 2.23. The molecule has 3 rings (SSSR count). The number of amides is 1. The molecule has 0 aliphatic rings. The standard InChI is InChI=1S/C21H21ClN2O3/c1-15-13-17(22)8-9-18(15)27-14-20(25)23-11-4-12-26-19-7-2-5-16-6-3-10-24-21(16)19/h2-3,5-10,13H,4,11-12,14H2,1H3,(H,23,25). The molecule has 1 heterocycles. The van der Waals surface area contributed by atoms with Crippen molar-refractivity contribution in [3.8, 4) is 11.5 Å². The SMILES string of the molecule is Cc1cc(Cl)ccc1OCC(=O)NCCCOc1cccc2cccnc12. The van der Waals surface area contributed by atoms with Crippen molar-refractivity contribution < 1.29 is 14.3 Å². The first-order valence-electron chi connectivity index (χ1n) is 8.76. The van der Waals surface area contributed by atoms with Gasteiger partial charge < -0.3 is 14.8 Å². The zero-order valence-corrected chi connectivity index (χ0v) is 15.8. The van der Waals surface area contributed by atoms with Gasteiger partial charge >= 0.3 is 0 Å². The van der Waals surface area contributed by atoms with Gasteiger partial charge in [0.05, 0.1) is 6.61 Å². The predicted octanol–water partition coefficient (Wildman–Crippen LogP) is 4.16. The highest BCUT2D eigenvalue weighted by molar-refractivity contribution is 6.30. The van der Waals surface area contributed by atoms with E-state index in [9.17, 15) is 4.79 Å². The lowest BCUT2D eigenvalue weighted by Crippen LogP contribution is -2.30. The molecule has 2 aromatic carbocycles. The van der Waals surface area contributed by atoms with Gasteiger partial charge in [-0.25, -0.2) is 0 Å². The fourth-order valence-corrected chi connectivity index (χ4v) is 2.87. The Morgan fingerprint density at radius 2 is 1.96 bits per heavy atom. The fourth-order valence-electron chi connectivity index (χ4n) is 2.64. The van der Waals surface area contributed by atoms with E-state index in [1.54, 1.807) is 24.4 Å². The van der Waals surface area contributed by atoms with E-state index < -0.39 is 0 Å². The molecule has 0 spiro atoms. The molecule has 3 aromatic rings. The van der Waals surface area contributed by atoms with Gasteiger partial charge in [-0.2, -0.15) is 0 Å². The molecule has 27 heavy (non-hydrogen) atoms. The topological polar surface area (TPSA) is 60.5 Å². The summed E-state index contributed by atoms with van der Waals surface area (Å²) >= 11 is 5.90. The second-order valence-corrected chi connectivity index (χ2v) is 6.52. The minimum absolute atomic E-state index is 0.0312. The zero-order valence-electron chi connectivity index (χ0n) is 15.1. The van der Waals surface area contributed by atoms with E-state index in [4.69, 9.17) is 21.1 Å². The van der Waals surface area contributed by atoms with E-state index >= 15 is 0 Å². The van der Waals surface area contributed by atoms with Gasteiger partial charge in [0.15, 0.2) is 6.61 Å². The number of halogens is 1. The molecule has 1 N–H and O–H groups in total. The number of nitrogens with zero attached hydrogens (tertiary/aromatic N) is 1. The Kier molecular flexibility index (Phi) is 6.49. The molecule has 6 heteroatoms. The van der Waals surface area contributed by atoms with Gasteiger partial charge in [0.25, 0.3) is 5.91 Å². The van der Waals surface area contributed by atoms with E-state index in [-0.39, 0.29) is 12.5 Å². The van der Waals surface area contributed by atoms with Crippen LogP contribution in [0.4, 0.5) is 0 Å². The van der Waals surface area contributed by atoms with Crippen molar-refractivity contribution in [2.24, 2.45) is 0 Å². The zero-order chi connectivity index (χ0) is 19.1. The number of benzene rings is 2. The van der Waals surface area contributed by atoms with Crippen LogP contribution < -0.4 is 14.8 Å². The number of hydrogen-bond acceptors (Lipinski definition) is 4. The molecule has 0 aliphatic heterocycles. The van der Waals surface area contributed by atoms with Crippen LogP contribution in [0.15, 0.2) is 54.7 Å². The van der Waals surface area contributed by atoms with Crippen molar-refractivity contribution in [1.82, 2.24) is 10.3 Å². The minimum atomic E-state index is -0.170. The number of hydrogen-bond donors (Lipinski definition) is 1. The Balaban J connectivity index is 1.38. The number of aromatic nitrogens is 1. The summed E-state index contributed by atoms with van der Waals surface area (Å²) in [7, 11) is 0. The maximum Gasteiger partial charge on any atom is 0.257 e. The van der Waals surface area contributed by atoms with Crippen molar-refractivity contribution in [3.63, 3.8) is 0 Å². The van der Waals surface area contributed by atoms with Gasteiger partial charge in [0.2, 0.25) is 0 Å². The normalized spacial score (nSPS) is 10.6. The van der Waals surface area contributed by atoms with Crippen molar-refractivity contribution in [3.05, 3.63) is 65.3 Å². The van der Waals surface area contributed by atoms with Crippen molar-refractivity contribution >= 4 is 28.4 Å². The van der Waals surface area contributed by atoms with Crippen LogP contribution in [0.25, 0.3) is 10.9 Å². The largest absolute Gasteiger partial charge is 0.491 e. The average Bonchev–Trinajstić information content (AvgIpc) is 2.67. The molecule has 0 atom stereocenters. The Bertz CT molecular complexity index is 925. The molecule has 1 aromatic heterocycles. The van der Waals surface area contributed by atoms with Gasteiger partial charge in [-0.15, -0.1) is 0 Å². The number of ether oxygens (including phenoxy) is 2. The summed E-state index contributed by atoms with van der Waals surface area (Å²) in [5.74, 6) is 1.23. The summed E-state index contributed by atoms with van der Waals surface area (Å²) in [5.41, 5.74) is 1.74. The van der Waals surface area contributed by atoms with Crippen molar-refractivity contribution in [1.29, 1.82) is 0 Å². The van der Waals surface area contributed by atoms with Gasteiger partial charge in [-0.3, -0.25) is 9.78 Å². The van der Waals surface area contributed by atoms with Crippen LogP contribution >= 0.6 is 11.6 Å². The number of nitrogens with one attached hydrogen (secondary N) is 1. The van der Waals surface area contributed by atoms with Crippen LogP contribution in [0.5, 0.6) is 11.5 Å². The molecule has 5 nitrogen and oxygen atoms in total. The van der Waals surface area contributed by atoms with Crippen LogP contribution in [-0.2, 0) is 4.79 Å². The molecule has 0 fully saturated rings. The summed E-state index contributed by atoms with van der Waals surface area (Å²) < 4.78 is 11.3. The van der Waals surface area contributed by atoms with Crippen molar-refractivity contribution in [2.75, 3.05) is 19.8 Å². The molecular formula is C21H21ClN2O3. The summed E-state index contributed by atoms with van der Waals surface area (Å²) in [6, 6.07) is 15.0. The predicted molar refractivity (Wildman–Crippen MR) is 107 cm³/mol. The van der Waals surface area contributed by atoms with Gasteiger partial charge in [0.1, 0.15) is 17.0 Å². The Hall–Kier alpha value is -2.79. The fraction of sp³-hybridized carbons (Fsp3) is 0.238. The molecule has 1 amide bonds. The smallest absolute Gasteiger partial charge is 0.257 e. The van der Waals surface area contributed by atoms with E-state index in [0.29, 0.717) is 30.3 Å². The van der Waals surface area contributed by atoms with E-state index in [1.165, 1.54) is 0 Å². The number of para-hydroxylation sites is 1. The highest BCUT2D eigenvalue weighted by Gasteiger charge is 2.06. The second-order valence-electron chi connectivity index (χ2n) is 6.08. The highest BCUT2D eigenvalue weighted by atomic mass is 35.5. The second kappa shape index (κ2) is 9.24. The summed E-state index contributed by atoms with van der Waals surface area (Å²) in [5, 5.41) is 4.51. The van der Waals surface area contributed by atoms with Crippen LogP contribution in [0.2, 0.25) is 5.02 Å². The third-order valence-corrected chi connectivity index (χ3v) is 4.23. The Morgan fingerprint density at radius 3 is 2.81 bits per heavy atom. The molecular weight excluding hydrogens is 364 g/mol. The first-order valence-corrected chi connectivity index (χ1v) is 9.13. The minimum Gasteiger partial charge on any atom is -0.491 e. The molecule has 140 valence electrons. The van der Waals surface area contributed by atoms with E-state index in [1.807, 2.05) is 37.3 Å². The maximum absolute atomic E-state index is 11.9. The average molecular weight is 385 g/mol. The van der Waals surface area contributed by atoms with E-state index in [0.717, 1.165) is 22.2 Å². The number of rotatable bonds is 8. The van der Waals surface area contributed by atoms with Gasteiger partial charge in [-0.1, -0.05) is 29.8 Å². The number of aryl methyl sites for hydroxylation is 1. The molecule has 0 bridgehead atoms. The lowest BCUT2D eigenvalue weighted by Gasteiger charge is -2.11. The number of carbonyl (C=O) groups is 1. The third kappa shape index (κ3) is 5.34. The molecule has 0 saturated heterocycles. The Morgan fingerprint density at radius 1 is 1.11 bits per heavy atom. The molecule has 0 radical (unpaired) electrons. The number of pyridine rings is 1. The number of carbonyl (C=O) groups excluding carboxylic acids is 1. The number of fused-ring (bicyclic) bond motifs is 1. The van der Waals surface area contributed by atoms with Crippen LogP contribution in [0.3, 0.4) is 0 Å². The van der Waals surface area contributed by atoms with Gasteiger partial charge in [-0.05, 0) is 49.2 Å².